The summed E-state index contributed by atoms with van der Waals surface area (Å²) in [6.07, 6.45) is 5.38. The molecule has 0 saturated heterocycles. The minimum Gasteiger partial charge on any atom is -0.377 e. The highest BCUT2D eigenvalue weighted by Gasteiger charge is 2.25. The van der Waals surface area contributed by atoms with Crippen LogP contribution in [0.1, 0.15) is 24.7 Å². The fraction of sp³-hybridized carbons (Fsp3) is 0.278. The van der Waals surface area contributed by atoms with Gasteiger partial charge in [0.2, 0.25) is 0 Å². The topological polar surface area (TPSA) is 108 Å². The number of fused-ring (bicyclic) bond motifs is 2. The van der Waals surface area contributed by atoms with Gasteiger partial charge in [-0.3, -0.25) is 14.7 Å². The molecule has 1 N–H and O–H groups in total. The first-order valence-corrected chi connectivity index (χ1v) is 8.63. The highest BCUT2D eigenvalue weighted by molar-refractivity contribution is 5.91. The number of hydrogen-bond donors (Lipinski definition) is 1. The number of aromatic nitrogens is 6. The molecule has 0 bridgehead atoms. The number of nitrogens with zero attached hydrogens (tertiary/aromatic N) is 5. The average Bonchev–Trinajstić information content (AvgIpc) is 3.41. The maximum absolute atomic E-state index is 13.0. The monoisotopic (exact) mass is 364 g/mol. The molecule has 0 aromatic carbocycles. The summed E-state index contributed by atoms with van der Waals surface area (Å²) in [6, 6.07) is 5.43. The van der Waals surface area contributed by atoms with Crippen LogP contribution in [0.15, 0.2) is 40.2 Å². The minimum atomic E-state index is -0.328. The maximum atomic E-state index is 13.0. The Morgan fingerprint density at radius 1 is 1.11 bits per heavy atom. The van der Waals surface area contributed by atoms with E-state index in [0.29, 0.717) is 27.6 Å². The summed E-state index contributed by atoms with van der Waals surface area (Å²) in [4.78, 5) is 34.5. The van der Waals surface area contributed by atoms with Gasteiger partial charge in [-0.15, -0.1) is 5.10 Å². The first kappa shape index (κ1) is 15.9. The van der Waals surface area contributed by atoms with Gasteiger partial charge in [0, 0.05) is 25.5 Å². The number of hydrogen-bond acceptors (Lipinski definition) is 6. The minimum absolute atomic E-state index is 0.112. The van der Waals surface area contributed by atoms with E-state index in [9.17, 15) is 9.59 Å². The van der Waals surface area contributed by atoms with Gasteiger partial charge in [0.05, 0.1) is 21.8 Å². The van der Waals surface area contributed by atoms with E-state index >= 15 is 0 Å². The second kappa shape index (κ2) is 5.85. The molecule has 1 aliphatic carbocycles. The van der Waals surface area contributed by atoms with Crippen molar-refractivity contribution in [2.24, 2.45) is 0 Å². The molecule has 1 fully saturated rings. The maximum Gasteiger partial charge on any atom is 0.267 e. The number of H-pyrrole nitrogens is 1. The molecule has 136 valence electrons. The summed E-state index contributed by atoms with van der Waals surface area (Å²) in [7, 11) is 1.55. The third-order valence-electron chi connectivity index (χ3n) is 4.73. The van der Waals surface area contributed by atoms with Gasteiger partial charge in [0.25, 0.3) is 17.1 Å². The van der Waals surface area contributed by atoms with Crippen molar-refractivity contribution in [1.82, 2.24) is 29.3 Å². The Balaban J connectivity index is 1.72. The van der Waals surface area contributed by atoms with Crippen LogP contribution >= 0.6 is 0 Å². The third-order valence-corrected chi connectivity index (χ3v) is 4.73. The van der Waals surface area contributed by atoms with E-state index in [4.69, 9.17) is 4.74 Å². The van der Waals surface area contributed by atoms with E-state index in [0.717, 1.165) is 12.8 Å². The van der Waals surface area contributed by atoms with Crippen molar-refractivity contribution in [3.63, 3.8) is 0 Å². The Labute approximate surface area is 152 Å². The Bertz CT molecular complexity index is 1300. The molecule has 4 heterocycles. The van der Waals surface area contributed by atoms with Crippen LogP contribution in [0.4, 0.5) is 0 Å². The summed E-state index contributed by atoms with van der Waals surface area (Å²) in [5, 5.41) is 7.59. The molecule has 0 amide bonds. The lowest BCUT2D eigenvalue weighted by Gasteiger charge is -2.07. The first-order chi connectivity index (χ1) is 13.2. The van der Waals surface area contributed by atoms with Gasteiger partial charge in [-0.05, 0) is 31.0 Å². The van der Waals surface area contributed by atoms with Crippen molar-refractivity contribution < 1.29 is 4.74 Å². The van der Waals surface area contributed by atoms with Crippen molar-refractivity contribution in [2.45, 2.75) is 25.5 Å². The molecule has 1 aliphatic rings. The van der Waals surface area contributed by atoms with E-state index in [1.165, 1.54) is 4.57 Å². The van der Waals surface area contributed by atoms with E-state index in [1.54, 1.807) is 36.2 Å². The zero-order valence-corrected chi connectivity index (χ0v) is 14.5. The van der Waals surface area contributed by atoms with Crippen LogP contribution < -0.4 is 11.1 Å². The second-order valence-electron chi connectivity index (χ2n) is 6.62. The van der Waals surface area contributed by atoms with Gasteiger partial charge in [0.15, 0.2) is 5.82 Å². The van der Waals surface area contributed by atoms with Crippen molar-refractivity contribution in [3.05, 3.63) is 57.1 Å². The van der Waals surface area contributed by atoms with Crippen molar-refractivity contribution in [3.8, 4) is 5.95 Å². The van der Waals surface area contributed by atoms with Crippen LogP contribution in [-0.2, 0) is 11.3 Å². The number of pyridine rings is 3. The Kier molecular flexibility index (Phi) is 3.44. The van der Waals surface area contributed by atoms with Crippen LogP contribution in [0.25, 0.3) is 27.8 Å². The molecule has 4 aromatic heterocycles. The van der Waals surface area contributed by atoms with E-state index in [-0.39, 0.29) is 29.7 Å². The molecule has 1 saturated carbocycles. The molecule has 27 heavy (non-hydrogen) atoms. The van der Waals surface area contributed by atoms with Crippen LogP contribution in [0, 0.1) is 0 Å². The van der Waals surface area contributed by atoms with Gasteiger partial charge in [-0.1, -0.05) is 0 Å². The molecular weight excluding hydrogens is 348 g/mol. The van der Waals surface area contributed by atoms with Gasteiger partial charge in [-0.25, -0.2) is 9.55 Å². The predicted molar refractivity (Wildman–Crippen MR) is 98.0 cm³/mol. The summed E-state index contributed by atoms with van der Waals surface area (Å²) in [5.74, 6) is 0.737. The zero-order valence-electron chi connectivity index (χ0n) is 14.5. The van der Waals surface area contributed by atoms with Crippen LogP contribution in [0.5, 0.6) is 0 Å². The van der Waals surface area contributed by atoms with Crippen molar-refractivity contribution in [1.29, 1.82) is 0 Å². The highest BCUT2D eigenvalue weighted by atomic mass is 16.5. The molecule has 0 spiro atoms. The molecule has 4 aromatic rings. The molecule has 0 radical (unpaired) electrons. The first-order valence-electron chi connectivity index (χ1n) is 8.63. The molecule has 9 nitrogen and oxygen atoms in total. The summed E-state index contributed by atoms with van der Waals surface area (Å²) in [5.41, 5.74) is 0.673. The van der Waals surface area contributed by atoms with Crippen LogP contribution in [-0.4, -0.2) is 36.4 Å². The Hall–Kier alpha value is -3.33. The molecule has 9 heteroatoms. The lowest BCUT2D eigenvalue weighted by Crippen LogP contribution is -2.21. The molecule has 0 unspecified atom stereocenters. The van der Waals surface area contributed by atoms with Crippen molar-refractivity contribution in [2.75, 3.05) is 7.11 Å². The second-order valence-corrected chi connectivity index (χ2v) is 6.62. The van der Waals surface area contributed by atoms with Gasteiger partial charge >= 0.3 is 0 Å². The molecular formula is C18H16N6O3. The SMILES string of the molecule is COCc1nc(-n2ccc3nc4ccn(C5CC5)c(=O)c4cc3c2=O)n[nH]1. The number of aromatic amines is 1. The predicted octanol–water partition coefficient (Wildman–Crippen LogP) is 1.30. The fourth-order valence-corrected chi connectivity index (χ4v) is 3.23. The van der Waals surface area contributed by atoms with Gasteiger partial charge in [-0.2, -0.15) is 4.98 Å². The van der Waals surface area contributed by atoms with Crippen LogP contribution in [0.3, 0.4) is 0 Å². The van der Waals surface area contributed by atoms with Gasteiger partial charge < -0.3 is 9.30 Å². The van der Waals surface area contributed by atoms with E-state index < -0.39 is 0 Å². The zero-order chi connectivity index (χ0) is 18.5. The number of rotatable bonds is 4. The fourth-order valence-electron chi connectivity index (χ4n) is 3.23. The lowest BCUT2D eigenvalue weighted by molar-refractivity contribution is 0.178. The standard InChI is InChI=1S/C18H16N6O3/c1-27-9-15-20-18(22-21-15)24-7-5-14-12(17(24)26)8-11-13(19-14)4-6-23(16(11)25)10-2-3-10/h4-8,10H,2-3,9H2,1H3,(H,20,21,22). The number of nitrogens with one attached hydrogen (secondary N) is 1. The molecule has 0 aliphatic heterocycles. The summed E-state index contributed by atoms with van der Waals surface area (Å²) in [6.45, 7) is 0.266. The molecule has 0 atom stereocenters. The Morgan fingerprint density at radius 3 is 2.59 bits per heavy atom. The van der Waals surface area contributed by atoms with E-state index in [2.05, 4.69) is 20.2 Å². The lowest BCUT2D eigenvalue weighted by atomic mass is 10.2. The highest BCUT2D eigenvalue weighted by Crippen LogP contribution is 2.33. The largest absolute Gasteiger partial charge is 0.377 e. The number of methoxy groups -OCH3 is 1. The molecule has 5 rings (SSSR count). The summed E-state index contributed by atoms with van der Waals surface area (Å²) >= 11 is 0. The number of ether oxygens (including phenoxy) is 1. The average molecular weight is 364 g/mol. The third kappa shape index (κ3) is 2.55. The van der Waals surface area contributed by atoms with E-state index in [1.807, 2.05) is 6.07 Å². The van der Waals surface area contributed by atoms with Crippen molar-refractivity contribution >= 4 is 21.8 Å². The van der Waals surface area contributed by atoms with Gasteiger partial charge in [0.1, 0.15) is 6.61 Å². The Morgan fingerprint density at radius 2 is 1.85 bits per heavy atom. The quantitative estimate of drug-likeness (QED) is 0.547. The smallest absolute Gasteiger partial charge is 0.267 e. The van der Waals surface area contributed by atoms with Crippen LogP contribution in [0.2, 0.25) is 0 Å². The normalized spacial score (nSPS) is 14.3. The summed E-state index contributed by atoms with van der Waals surface area (Å²) < 4.78 is 8.06.